The van der Waals surface area contributed by atoms with Gasteiger partial charge in [0.25, 0.3) is 0 Å². The molecule has 2 atom stereocenters. The normalized spacial score (nSPS) is 19.1. The molecule has 1 aromatic carbocycles. The van der Waals surface area contributed by atoms with Gasteiger partial charge in [-0.05, 0) is 35.2 Å². The Hall–Kier alpha value is -2.76. The summed E-state index contributed by atoms with van der Waals surface area (Å²) in [6.07, 6.45) is 3.21. The van der Waals surface area contributed by atoms with Gasteiger partial charge in [-0.2, -0.15) is 0 Å². The van der Waals surface area contributed by atoms with Crippen molar-refractivity contribution in [3.63, 3.8) is 0 Å². The second kappa shape index (κ2) is 6.27. The lowest BCUT2D eigenvalue weighted by molar-refractivity contribution is -0.117. The summed E-state index contributed by atoms with van der Waals surface area (Å²) in [6, 6.07) is 11.5. The average molecular weight is 341 g/mol. The minimum Gasteiger partial charge on any atom is -0.309 e. The van der Waals surface area contributed by atoms with Crippen LogP contribution in [0, 0.1) is 5.92 Å². The van der Waals surface area contributed by atoms with E-state index in [1.807, 2.05) is 42.6 Å². The molecule has 1 aliphatic rings. The minimum absolute atomic E-state index is 0.286. The van der Waals surface area contributed by atoms with Crippen LogP contribution >= 0.6 is 0 Å². The first-order valence-corrected chi connectivity index (χ1v) is 8.23. The van der Waals surface area contributed by atoms with Gasteiger partial charge >= 0.3 is 0 Å². The molecule has 1 amide bonds. The van der Waals surface area contributed by atoms with Gasteiger partial charge in [-0.3, -0.25) is 9.18 Å². The fourth-order valence-corrected chi connectivity index (χ4v) is 2.99. The Morgan fingerprint density at radius 1 is 1.24 bits per heavy atom. The van der Waals surface area contributed by atoms with E-state index in [-0.39, 0.29) is 12.3 Å². The summed E-state index contributed by atoms with van der Waals surface area (Å²) >= 11 is 0. The second-order valence-corrected chi connectivity index (χ2v) is 6.25. The maximum absolute atomic E-state index is 13.0. The summed E-state index contributed by atoms with van der Waals surface area (Å²) in [7, 11) is 0. The van der Waals surface area contributed by atoms with Gasteiger partial charge in [-0.25, -0.2) is 9.37 Å². The van der Waals surface area contributed by atoms with Gasteiger partial charge in [0.2, 0.25) is 5.91 Å². The predicted octanol–water partition coefficient (Wildman–Crippen LogP) is 3.81. The lowest BCUT2D eigenvalue weighted by atomic mass is 9.99. The van der Waals surface area contributed by atoms with Crippen LogP contribution in [-0.2, 0) is 11.2 Å². The molecule has 1 N–H and O–H groups in total. The minimum atomic E-state index is -1.03. The fraction of sp³-hybridized carbons (Fsp3) is 0.263. The van der Waals surface area contributed by atoms with Crippen molar-refractivity contribution in [2.45, 2.75) is 19.0 Å². The van der Waals surface area contributed by atoms with E-state index in [1.54, 1.807) is 10.6 Å². The first-order valence-electron chi connectivity index (χ1n) is 8.23. The van der Waals surface area contributed by atoms with E-state index < -0.39 is 18.8 Å². The molecule has 2 heterocycles. The van der Waals surface area contributed by atoms with Gasteiger partial charge in [0.1, 0.15) is 11.8 Å². The Morgan fingerprint density at radius 2 is 2.04 bits per heavy atom. The van der Waals surface area contributed by atoms with Gasteiger partial charge in [0.15, 0.2) is 5.82 Å². The number of aryl methyl sites for hydroxylation is 1. The Morgan fingerprint density at radius 3 is 2.80 bits per heavy atom. The van der Waals surface area contributed by atoms with Crippen LogP contribution in [0.15, 0.2) is 48.8 Å². The number of benzene rings is 1. The highest BCUT2D eigenvalue weighted by molar-refractivity contribution is 5.94. The number of hydrogen-bond donors (Lipinski definition) is 1. The molecule has 1 saturated carbocycles. The van der Waals surface area contributed by atoms with Crippen LogP contribution in [0.4, 0.5) is 14.6 Å². The first kappa shape index (κ1) is 15.7. The second-order valence-electron chi connectivity index (χ2n) is 6.25. The molecule has 0 unspecified atom stereocenters. The molecule has 25 heavy (non-hydrogen) atoms. The number of hydrogen-bond acceptors (Lipinski definition) is 2. The number of carbonyl (C=O) groups excluding carboxylic acids is 1. The van der Waals surface area contributed by atoms with Crippen LogP contribution in [0.25, 0.3) is 16.8 Å². The maximum atomic E-state index is 13.0. The lowest BCUT2D eigenvalue weighted by Gasteiger charge is -2.08. The molecule has 0 bridgehead atoms. The molecule has 1 fully saturated rings. The summed E-state index contributed by atoms with van der Waals surface area (Å²) in [4.78, 5) is 16.2. The molecular weight excluding hydrogens is 324 g/mol. The number of carbonyl (C=O) groups is 1. The first-order chi connectivity index (χ1) is 12.2. The van der Waals surface area contributed by atoms with E-state index in [0.717, 1.165) is 16.7 Å². The molecule has 0 spiro atoms. The van der Waals surface area contributed by atoms with Crippen molar-refractivity contribution in [1.29, 1.82) is 0 Å². The van der Waals surface area contributed by atoms with Gasteiger partial charge in [0, 0.05) is 12.6 Å². The largest absolute Gasteiger partial charge is 0.309 e. The van der Waals surface area contributed by atoms with Crippen LogP contribution in [0.3, 0.4) is 0 Å². The zero-order chi connectivity index (χ0) is 17.4. The highest BCUT2D eigenvalue weighted by atomic mass is 19.1. The summed E-state index contributed by atoms with van der Waals surface area (Å²) in [5.74, 6) is -0.476. The summed E-state index contributed by atoms with van der Waals surface area (Å²) < 4.78 is 27.5. The molecule has 4 nitrogen and oxygen atoms in total. The van der Waals surface area contributed by atoms with E-state index >= 15 is 0 Å². The van der Waals surface area contributed by atoms with Crippen LogP contribution in [-0.4, -0.2) is 28.1 Å². The van der Waals surface area contributed by atoms with Crippen molar-refractivity contribution >= 4 is 17.4 Å². The third-order valence-electron chi connectivity index (χ3n) is 4.44. The third kappa shape index (κ3) is 3.12. The number of halogens is 2. The summed E-state index contributed by atoms with van der Waals surface area (Å²) in [5, 5.41) is 2.65. The summed E-state index contributed by atoms with van der Waals surface area (Å²) in [5.41, 5.74) is 3.53. The van der Waals surface area contributed by atoms with Crippen molar-refractivity contribution in [2.75, 3.05) is 12.0 Å². The number of anilines is 1. The number of rotatable bonds is 5. The van der Waals surface area contributed by atoms with Crippen LogP contribution < -0.4 is 5.32 Å². The molecule has 0 saturated heterocycles. The van der Waals surface area contributed by atoms with Crippen LogP contribution in [0.1, 0.15) is 12.0 Å². The van der Waals surface area contributed by atoms with Crippen molar-refractivity contribution < 1.29 is 13.6 Å². The molecule has 0 radical (unpaired) electrons. The van der Waals surface area contributed by atoms with Crippen molar-refractivity contribution in [3.8, 4) is 11.1 Å². The standard InChI is InChI=1S/C19H17F2N3O/c20-8-7-12-3-1-2-4-14(12)13-5-6-18-22-17(11-24(18)10-13)23-19(25)15-9-16(15)21/h1-6,10-11,15-16H,7-9H2,(H,23,25)/t15-,16+/m1/s1. The number of fused-ring (bicyclic) bond motifs is 1. The SMILES string of the molecule is O=C(Nc1cn2cc(-c3ccccc3CCF)ccc2n1)[C@@H]1C[C@@H]1F. The number of pyridine rings is 1. The highest BCUT2D eigenvalue weighted by Crippen LogP contribution is 2.34. The van der Waals surface area contributed by atoms with Crippen molar-refractivity contribution in [3.05, 3.63) is 54.4 Å². The zero-order valence-electron chi connectivity index (χ0n) is 13.5. The maximum Gasteiger partial charge on any atom is 0.231 e. The average Bonchev–Trinajstić information content (AvgIpc) is 3.21. The monoisotopic (exact) mass is 341 g/mol. The Bertz CT molecular complexity index is 937. The molecule has 1 aliphatic carbocycles. The smallest absolute Gasteiger partial charge is 0.231 e. The molecule has 3 aromatic rings. The highest BCUT2D eigenvalue weighted by Gasteiger charge is 2.43. The van der Waals surface area contributed by atoms with Crippen LogP contribution in [0.5, 0.6) is 0 Å². The van der Waals surface area contributed by atoms with Gasteiger partial charge in [-0.15, -0.1) is 0 Å². The topological polar surface area (TPSA) is 46.4 Å². The number of aromatic nitrogens is 2. The quantitative estimate of drug-likeness (QED) is 0.767. The van der Waals surface area contributed by atoms with Gasteiger partial charge in [-0.1, -0.05) is 24.3 Å². The van der Waals surface area contributed by atoms with E-state index in [2.05, 4.69) is 10.3 Å². The van der Waals surface area contributed by atoms with Crippen molar-refractivity contribution in [2.24, 2.45) is 5.92 Å². The van der Waals surface area contributed by atoms with E-state index in [9.17, 15) is 13.6 Å². The number of nitrogens with one attached hydrogen (secondary N) is 1. The number of nitrogens with zero attached hydrogens (tertiary/aromatic N) is 2. The Balaban J connectivity index is 1.63. The Labute approximate surface area is 143 Å². The number of imidazole rings is 1. The molecule has 2 aromatic heterocycles. The molecule has 6 heteroatoms. The number of alkyl halides is 2. The third-order valence-corrected chi connectivity index (χ3v) is 4.44. The zero-order valence-corrected chi connectivity index (χ0v) is 13.5. The predicted molar refractivity (Wildman–Crippen MR) is 91.9 cm³/mol. The van der Waals surface area contributed by atoms with E-state index in [4.69, 9.17) is 0 Å². The van der Waals surface area contributed by atoms with Gasteiger partial charge < -0.3 is 9.72 Å². The molecule has 0 aliphatic heterocycles. The van der Waals surface area contributed by atoms with Crippen molar-refractivity contribution in [1.82, 2.24) is 9.38 Å². The summed E-state index contributed by atoms with van der Waals surface area (Å²) in [6.45, 7) is -0.406. The van der Waals surface area contributed by atoms with E-state index in [1.165, 1.54) is 0 Å². The van der Waals surface area contributed by atoms with Crippen LogP contribution in [0.2, 0.25) is 0 Å². The molecular formula is C19H17F2N3O. The molecule has 128 valence electrons. The van der Waals surface area contributed by atoms with Gasteiger partial charge in [0.05, 0.1) is 18.8 Å². The fourth-order valence-electron chi connectivity index (χ4n) is 2.99. The number of amides is 1. The Kier molecular flexibility index (Phi) is 3.95. The molecule has 4 rings (SSSR count). The lowest BCUT2D eigenvalue weighted by Crippen LogP contribution is -2.15. The van der Waals surface area contributed by atoms with E-state index in [0.29, 0.717) is 17.9 Å².